The van der Waals surface area contributed by atoms with Crippen LogP contribution in [0.25, 0.3) is 56.7 Å². The van der Waals surface area contributed by atoms with Gasteiger partial charge >= 0.3 is 0 Å². The summed E-state index contributed by atoms with van der Waals surface area (Å²) < 4.78 is 7.39. The van der Waals surface area contributed by atoms with E-state index >= 15 is 0 Å². The van der Waals surface area contributed by atoms with Gasteiger partial charge in [-0.15, -0.1) is 0 Å². The van der Waals surface area contributed by atoms with Crippen LogP contribution in [0.15, 0.2) is 164 Å². The molecule has 4 aromatic carbocycles. The highest BCUT2D eigenvalue weighted by Gasteiger charge is 2.42. The highest BCUT2D eigenvalue weighted by molar-refractivity contribution is 5.82. The lowest BCUT2D eigenvalue weighted by molar-refractivity contribution is -0.713. The van der Waals surface area contributed by atoms with Crippen molar-refractivity contribution in [1.82, 2.24) is 0 Å². The molecule has 0 aliphatic carbocycles. The van der Waals surface area contributed by atoms with E-state index in [0.717, 1.165) is 6.54 Å². The van der Waals surface area contributed by atoms with Crippen molar-refractivity contribution in [3.63, 3.8) is 0 Å². The second-order valence-electron chi connectivity index (χ2n) is 12.5. The van der Waals surface area contributed by atoms with Crippen molar-refractivity contribution in [2.24, 2.45) is 0 Å². The molecule has 2 aliphatic heterocycles. The van der Waals surface area contributed by atoms with E-state index in [4.69, 9.17) is 0 Å². The fraction of sp³-hybridized carbons (Fsp3) is 0.0682. The van der Waals surface area contributed by atoms with Crippen LogP contribution in [-0.4, -0.2) is 0 Å². The Morgan fingerprint density at radius 2 is 1.26 bits per heavy atom. The summed E-state index contributed by atoms with van der Waals surface area (Å²) >= 11 is 0. The predicted molar refractivity (Wildman–Crippen MR) is 188 cm³/mol. The maximum Gasteiger partial charge on any atom is 0.268 e. The minimum atomic E-state index is -0.104. The lowest BCUT2D eigenvalue weighted by Gasteiger charge is -2.17. The Hall–Kier alpha value is -5.93. The number of hydrogen-bond acceptors (Lipinski definition) is 0. The maximum absolute atomic E-state index is 2.49. The molecule has 0 N–H and O–H groups in total. The molecule has 2 aliphatic rings. The molecule has 1 unspecified atom stereocenters. The minimum absolute atomic E-state index is 0.104. The fourth-order valence-corrected chi connectivity index (χ4v) is 7.67. The standard InChI is InChI=1S/C44H34N3/c1-31-27-35(32-15-3-2-4-16-32)30-45-29-34-18-6-8-20-37(34)40-23-11-13-25-46(40)42-28-33-17-5-7-19-36(33)41-24-12-14-26-47(41)44(42)39-22-10-9-21-38(39)43(31)45/h2-28,30,44H,29H2,1H3/q+3. The molecule has 0 fully saturated rings. The molecule has 3 aromatic heterocycles. The van der Waals surface area contributed by atoms with Gasteiger partial charge < -0.3 is 0 Å². The number of hydrogen-bond donors (Lipinski definition) is 0. The first kappa shape index (κ1) is 27.4. The minimum Gasteiger partial charge on any atom is -0.193 e. The predicted octanol–water partition coefficient (Wildman–Crippen LogP) is 8.49. The highest BCUT2D eigenvalue weighted by Crippen LogP contribution is 2.39. The van der Waals surface area contributed by atoms with Gasteiger partial charge in [-0.2, -0.15) is 13.7 Å². The molecule has 222 valence electrons. The topological polar surface area (TPSA) is 11.6 Å². The van der Waals surface area contributed by atoms with Crippen molar-refractivity contribution in [2.45, 2.75) is 19.5 Å². The van der Waals surface area contributed by atoms with E-state index in [1.165, 1.54) is 72.8 Å². The van der Waals surface area contributed by atoms with Gasteiger partial charge in [0.25, 0.3) is 11.7 Å². The molecule has 0 saturated carbocycles. The molecule has 9 rings (SSSR count). The van der Waals surface area contributed by atoms with Gasteiger partial charge in [-0.1, -0.05) is 84.9 Å². The molecule has 5 heterocycles. The molecule has 47 heavy (non-hydrogen) atoms. The quantitative estimate of drug-likeness (QED) is 0.167. The van der Waals surface area contributed by atoms with Gasteiger partial charge in [0.1, 0.15) is 0 Å². The van der Waals surface area contributed by atoms with Crippen molar-refractivity contribution in [3.8, 4) is 44.9 Å². The second-order valence-corrected chi connectivity index (χ2v) is 12.5. The Labute approximate surface area is 275 Å². The Morgan fingerprint density at radius 1 is 0.574 bits per heavy atom. The van der Waals surface area contributed by atoms with E-state index in [2.05, 4.69) is 191 Å². The summed E-state index contributed by atoms with van der Waals surface area (Å²) in [7, 11) is 0. The summed E-state index contributed by atoms with van der Waals surface area (Å²) in [5.74, 6) is 0. The average Bonchev–Trinajstić information content (AvgIpc) is 3.27. The maximum atomic E-state index is 2.49. The van der Waals surface area contributed by atoms with E-state index in [-0.39, 0.29) is 6.04 Å². The first-order valence-electron chi connectivity index (χ1n) is 16.3. The van der Waals surface area contributed by atoms with Crippen LogP contribution in [0.4, 0.5) is 0 Å². The summed E-state index contributed by atoms with van der Waals surface area (Å²) in [6, 6.07) is 52.9. The Morgan fingerprint density at radius 3 is 2.13 bits per heavy atom. The van der Waals surface area contributed by atoms with Crippen LogP contribution < -0.4 is 13.7 Å². The third-order valence-electron chi connectivity index (χ3n) is 9.71. The van der Waals surface area contributed by atoms with Gasteiger partial charge in [-0.25, -0.2) is 0 Å². The summed E-state index contributed by atoms with van der Waals surface area (Å²) in [6.45, 7) is 3.01. The number of benzene rings is 4. The monoisotopic (exact) mass is 604 g/mol. The molecular weight excluding hydrogens is 571 g/mol. The molecule has 7 aromatic rings. The van der Waals surface area contributed by atoms with Crippen molar-refractivity contribution >= 4 is 11.8 Å². The Bertz CT molecular complexity index is 2350. The van der Waals surface area contributed by atoms with Crippen LogP contribution >= 0.6 is 0 Å². The Balaban J connectivity index is 1.44. The van der Waals surface area contributed by atoms with Crippen LogP contribution in [-0.2, 0) is 6.54 Å². The zero-order valence-corrected chi connectivity index (χ0v) is 26.3. The number of fused-ring (bicyclic) bond motifs is 13. The van der Waals surface area contributed by atoms with Gasteiger partial charge in [0.05, 0.1) is 16.7 Å². The fourth-order valence-electron chi connectivity index (χ4n) is 7.67. The molecule has 0 amide bonds. The lowest BCUT2D eigenvalue weighted by atomic mass is 9.91. The molecule has 0 radical (unpaired) electrons. The van der Waals surface area contributed by atoms with E-state index in [9.17, 15) is 0 Å². The Kier molecular flexibility index (Phi) is 6.50. The second kappa shape index (κ2) is 11.1. The molecule has 3 nitrogen and oxygen atoms in total. The van der Waals surface area contributed by atoms with E-state index < -0.39 is 0 Å². The van der Waals surface area contributed by atoms with E-state index in [0.29, 0.717) is 0 Å². The normalized spacial score (nSPS) is 14.3. The zero-order valence-electron chi connectivity index (χ0n) is 26.3. The van der Waals surface area contributed by atoms with Crippen LogP contribution in [0.3, 0.4) is 0 Å². The molecule has 1 atom stereocenters. The first-order chi connectivity index (χ1) is 23.2. The first-order valence-corrected chi connectivity index (χ1v) is 16.3. The molecule has 0 spiro atoms. The van der Waals surface area contributed by atoms with Gasteiger partial charge in [0.2, 0.25) is 17.1 Å². The van der Waals surface area contributed by atoms with Gasteiger partial charge in [-0.3, -0.25) is 0 Å². The number of aromatic nitrogens is 3. The SMILES string of the molecule is Cc1cc(-c2ccccc2)c[n+]2c1-c1ccccc1C1C(=Cc3ccccc3-c3cccc[n+]31)[n+]1ccccc1-c1ccccc1C2. The van der Waals surface area contributed by atoms with E-state index in [1.54, 1.807) is 0 Å². The molecule has 0 saturated heterocycles. The third-order valence-corrected chi connectivity index (χ3v) is 9.71. The number of nitrogens with zero attached hydrogens (tertiary/aromatic N) is 3. The largest absolute Gasteiger partial charge is 0.268 e. The molecular formula is C44H34N3+3. The van der Waals surface area contributed by atoms with E-state index in [1.807, 2.05) is 0 Å². The number of pyridine rings is 3. The third kappa shape index (κ3) is 4.54. The smallest absolute Gasteiger partial charge is 0.193 e. The zero-order chi connectivity index (χ0) is 31.3. The highest BCUT2D eigenvalue weighted by atomic mass is 15.1. The van der Waals surface area contributed by atoms with Crippen LogP contribution in [0.5, 0.6) is 0 Å². The van der Waals surface area contributed by atoms with Crippen molar-refractivity contribution in [1.29, 1.82) is 0 Å². The lowest BCUT2D eigenvalue weighted by Crippen LogP contribution is -2.49. The van der Waals surface area contributed by atoms with Gasteiger partial charge in [0.15, 0.2) is 25.1 Å². The van der Waals surface area contributed by atoms with Crippen LogP contribution in [0.1, 0.15) is 28.3 Å². The summed E-state index contributed by atoms with van der Waals surface area (Å²) in [5, 5.41) is 0. The van der Waals surface area contributed by atoms with Crippen LogP contribution in [0, 0.1) is 6.92 Å². The number of allylic oxidation sites excluding steroid dienone is 1. The average molecular weight is 605 g/mol. The summed E-state index contributed by atoms with van der Waals surface area (Å²) in [4.78, 5) is 0. The molecule has 3 heteroatoms. The summed E-state index contributed by atoms with van der Waals surface area (Å²) in [5.41, 5.74) is 16.0. The van der Waals surface area contributed by atoms with Crippen molar-refractivity contribution in [3.05, 3.63) is 186 Å². The van der Waals surface area contributed by atoms with Crippen molar-refractivity contribution in [2.75, 3.05) is 0 Å². The van der Waals surface area contributed by atoms with Gasteiger partial charge in [-0.05, 0) is 54.4 Å². The van der Waals surface area contributed by atoms with Gasteiger partial charge in [0, 0.05) is 52.6 Å². The van der Waals surface area contributed by atoms with Crippen LogP contribution in [0.2, 0.25) is 0 Å². The number of aryl methyl sites for hydroxylation is 1. The van der Waals surface area contributed by atoms with Crippen molar-refractivity contribution < 1.29 is 13.7 Å². The summed E-state index contributed by atoms with van der Waals surface area (Å²) in [6.07, 6.45) is 9.25. The number of rotatable bonds is 1. The molecule has 0 bridgehead atoms.